The summed E-state index contributed by atoms with van der Waals surface area (Å²) < 4.78 is 0. The van der Waals surface area contributed by atoms with Gasteiger partial charge in [-0.25, -0.2) is 0 Å². The van der Waals surface area contributed by atoms with E-state index in [0.29, 0.717) is 0 Å². The maximum absolute atomic E-state index is 2.35. The predicted octanol–water partition coefficient (Wildman–Crippen LogP) is 3.79. The largest absolute Gasteiger partial charge is 0.309 e. The Morgan fingerprint density at radius 2 is 1.50 bits per heavy atom. The van der Waals surface area contributed by atoms with E-state index < -0.39 is 0 Å². The molecule has 0 amide bonds. The lowest BCUT2D eigenvalue weighted by molar-refractivity contribution is 0.181. The first-order chi connectivity index (χ1) is 6.74. The minimum atomic E-state index is 0.985. The molecule has 1 heteroatoms. The molecule has 0 aliphatic heterocycles. The standard InChI is InChI=1S/C11H23N.C2H6/c1-4-10-7-5-6-8-11(10)9-12(2)3;1-2/h10-11H,4-9H2,1-3H3;1-2H3. The first-order valence-electron chi connectivity index (χ1n) is 6.38. The molecule has 0 aromatic heterocycles. The normalized spacial score (nSPS) is 27.0. The van der Waals surface area contributed by atoms with E-state index in [1.54, 1.807) is 0 Å². The molecule has 14 heavy (non-hydrogen) atoms. The molecule has 1 aliphatic rings. The molecule has 0 aromatic rings. The quantitative estimate of drug-likeness (QED) is 0.668. The van der Waals surface area contributed by atoms with Crippen molar-refractivity contribution >= 4 is 0 Å². The molecule has 1 fully saturated rings. The highest BCUT2D eigenvalue weighted by Crippen LogP contribution is 2.32. The Bertz CT molecular complexity index is 120. The molecule has 1 rings (SSSR count). The third kappa shape index (κ3) is 4.99. The van der Waals surface area contributed by atoms with Crippen LogP contribution in [0.2, 0.25) is 0 Å². The van der Waals surface area contributed by atoms with Crippen molar-refractivity contribution in [2.45, 2.75) is 52.9 Å². The van der Waals surface area contributed by atoms with E-state index in [1.807, 2.05) is 13.8 Å². The lowest BCUT2D eigenvalue weighted by Gasteiger charge is -2.32. The summed E-state index contributed by atoms with van der Waals surface area (Å²) in [6, 6.07) is 0. The number of nitrogens with zero attached hydrogens (tertiary/aromatic N) is 1. The molecule has 0 radical (unpaired) electrons. The smallest absolute Gasteiger partial charge is 0.000620 e. The van der Waals surface area contributed by atoms with Crippen LogP contribution in [0.1, 0.15) is 52.9 Å². The van der Waals surface area contributed by atoms with Crippen LogP contribution in [0, 0.1) is 11.8 Å². The van der Waals surface area contributed by atoms with Gasteiger partial charge in [0, 0.05) is 6.54 Å². The van der Waals surface area contributed by atoms with Gasteiger partial charge >= 0.3 is 0 Å². The van der Waals surface area contributed by atoms with Crippen LogP contribution in [-0.2, 0) is 0 Å². The van der Waals surface area contributed by atoms with E-state index in [1.165, 1.54) is 38.6 Å². The lowest BCUT2D eigenvalue weighted by Crippen LogP contribution is -2.29. The zero-order valence-electron chi connectivity index (χ0n) is 10.8. The van der Waals surface area contributed by atoms with Crippen LogP contribution in [-0.4, -0.2) is 25.5 Å². The maximum atomic E-state index is 2.35. The molecule has 1 nitrogen and oxygen atoms in total. The van der Waals surface area contributed by atoms with Crippen molar-refractivity contribution in [2.24, 2.45) is 11.8 Å². The minimum Gasteiger partial charge on any atom is -0.309 e. The van der Waals surface area contributed by atoms with E-state index in [-0.39, 0.29) is 0 Å². The van der Waals surface area contributed by atoms with Gasteiger partial charge in [-0.1, -0.05) is 46.5 Å². The molecule has 0 spiro atoms. The van der Waals surface area contributed by atoms with Crippen LogP contribution in [0.5, 0.6) is 0 Å². The summed E-state index contributed by atoms with van der Waals surface area (Å²) in [6.45, 7) is 7.65. The number of hydrogen-bond acceptors (Lipinski definition) is 1. The molecule has 0 aromatic carbocycles. The Balaban J connectivity index is 0.000000791. The van der Waals surface area contributed by atoms with Gasteiger partial charge in [0.25, 0.3) is 0 Å². The van der Waals surface area contributed by atoms with Crippen LogP contribution in [0.3, 0.4) is 0 Å². The SMILES string of the molecule is CC.CCC1CCCCC1CN(C)C. The van der Waals surface area contributed by atoms with Gasteiger partial charge in [-0.05, 0) is 32.4 Å². The molecule has 0 N–H and O–H groups in total. The summed E-state index contributed by atoms with van der Waals surface area (Å²) >= 11 is 0. The van der Waals surface area contributed by atoms with Crippen molar-refractivity contribution in [3.8, 4) is 0 Å². The maximum Gasteiger partial charge on any atom is 0.000620 e. The summed E-state index contributed by atoms with van der Waals surface area (Å²) in [5, 5.41) is 0. The molecule has 0 heterocycles. The second-order valence-electron chi connectivity index (χ2n) is 4.48. The molecule has 86 valence electrons. The van der Waals surface area contributed by atoms with Gasteiger partial charge in [-0.2, -0.15) is 0 Å². The highest BCUT2D eigenvalue weighted by atomic mass is 15.1. The third-order valence-corrected chi connectivity index (χ3v) is 3.19. The first-order valence-corrected chi connectivity index (χ1v) is 6.38. The van der Waals surface area contributed by atoms with Crippen molar-refractivity contribution in [1.29, 1.82) is 0 Å². The van der Waals surface area contributed by atoms with Crippen LogP contribution >= 0.6 is 0 Å². The van der Waals surface area contributed by atoms with E-state index >= 15 is 0 Å². The molecule has 0 bridgehead atoms. The van der Waals surface area contributed by atoms with Gasteiger partial charge in [0.05, 0.1) is 0 Å². The van der Waals surface area contributed by atoms with E-state index in [4.69, 9.17) is 0 Å². The summed E-state index contributed by atoms with van der Waals surface area (Å²) in [5.41, 5.74) is 0. The number of rotatable bonds is 3. The lowest BCUT2D eigenvalue weighted by atomic mass is 9.77. The molecule has 1 saturated carbocycles. The second kappa shape index (κ2) is 8.28. The Labute approximate surface area is 90.9 Å². The molecular weight excluding hydrogens is 170 g/mol. The van der Waals surface area contributed by atoms with Gasteiger partial charge in [0.1, 0.15) is 0 Å². The van der Waals surface area contributed by atoms with Crippen LogP contribution in [0.25, 0.3) is 0 Å². The molecule has 2 unspecified atom stereocenters. The fourth-order valence-corrected chi connectivity index (χ4v) is 2.53. The summed E-state index contributed by atoms with van der Waals surface area (Å²) in [5.74, 6) is 2.00. The minimum absolute atomic E-state index is 0.985. The van der Waals surface area contributed by atoms with Crippen LogP contribution in [0.4, 0.5) is 0 Å². The van der Waals surface area contributed by atoms with E-state index in [0.717, 1.165) is 11.8 Å². The van der Waals surface area contributed by atoms with Gasteiger partial charge in [-0.15, -0.1) is 0 Å². The summed E-state index contributed by atoms with van der Waals surface area (Å²) in [7, 11) is 4.39. The Hall–Kier alpha value is -0.0400. The third-order valence-electron chi connectivity index (χ3n) is 3.19. The molecule has 0 saturated heterocycles. The van der Waals surface area contributed by atoms with E-state index in [9.17, 15) is 0 Å². The highest BCUT2D eigenvalue weighted by Gasteiger charge is 2.23. The predicted molar refractivity (Wildman–Crippen MR) is 65.6 cm³/mol. The highest BCUT2D eigenvalue weighted by molar-refractivity contribution is 4.75. The van der Waals surface area contributed by atoms with Gasteiger partial charge < -0.3 is 4.90 Å². The topological polar surface area (TPSA) is 3.24 Å². The summed E-state index contributed by atoms with van der Waals surface area (Å²) in [6.07, 6.45) is 7.28. The fourth-order valence-electron chi connectivity index (χ4n) is 2.53. The van der Waals surface area contributed by atoms with E-state index in [2.05, 4.69) is 25.9 Å². The fraction of sp³-hybridized carbons (Fsp3) is 1.00. The van der Waals surface area contributed by atoms with Gasteiger partial charge in [0.2, 0.25) is 0 Å². The second-order valence-corrected chi connectivity index (χ2v) is 4.48. The van der Waals surface area contributed by atoms with Crippen LogP contribution < -0.4 is 0 Å². The monoisotopic (exact) mass is 199 g/mol. The zero-order valence-corrected chi connectivity index (χ0v) is 10.8. The van der Waals surface area contributed by atoms with Crippen molar-refractivity contribution in [1.82, 2.24) is 4.90 Å². The average molecular weight is 199 g/mol. The molecule has 2 atom stereocenters. The Morgan fingerprint density at radius 1 is 1.00 bits per heavy atom. The molecular formula is C13H29N. The van der Waals surface area contributed by atoms with Gasteiger partial charge in [-0.3, -0.25) is 0 Å². The summed E-state index contributed by atoms with van der Waals surface area (Å²) in [4.78, 5) is 2.35. The first kappa shape index (κ1) is 14.0. The van der Waals surface area contributed by atoms with Gasteiger partial charge in [0.15, 0.2) is 0 Å². The van der Waals surface area contributed by atoms with Crippen molar-refractivity contribution in [3.63, 3.8) is 0 Å². The van der Waals surface area contributed by atoms with Crippen molar-refractivity contribution < 1.29 is 0 Å². The molecule has 1 aliphatic carbocycles. The van der Waals surface area contributed by atoms with Crippen LogP contribution in [0.15, 0.2) is 0 Å². The van der Waals surface area contributed by atoms with Crippen molar-refractivity contribution in [3.05, 3.63) is 0 Å². The average Bonchev–Trinajstić information content (AvgIpc) is 2.21. The van der Waals surface area contributed by atoms with Crippen molar-refractivity contribution in [2.75, 3.05) is 20.6 Å². The zero-order chi connectivity index (χ0) is 11.0. The number of hydrogen-bond donors (Lipinski definition) is 0. The Morgan fingerprint density at radius 3 is 1.93 bits per heavy atom. The Kier molecular flexibility index (Phi) is 8.26.